The molecular weight excluding hydrogens is 180 g/mol. The molecule has 0 bridgehead atoms. The predicted molar refractivity (Wildman–Crippen MR) is 57.0 cm³/mol. The van der Waals surface area contributed by atoms with Gasteiger partial charge < -0.3 is 15.8 Å². The van der Waals surface area contributed by atoms with Crippen molar-refractivity contribution in [2.24, 2.45) is 5.73 Å². The van der Waals surface area contributed by atoms with Gasteiger partial charge in [-0.15, -0.1) is 0 Å². The Morgan fingerprint density at radius 3 is 2.64 bits per heavy atom. The molecule has 0 rings (SSSR count). The third-order valence-corrected chi connectivity index (χ3v) is 2.17. The maximum atomic E-state index is 11.2. The summed E-state index contributed by atoms with van der Waals surface area (Å²) < 4.78 is 5.07. The lowest BCUT2D eigenvalue weighted by molar-refractivity contribution is -0.122. The Morgan fingerprint density at radius 1 is 1.50 bits per heavy atom. The van der Waals surface area contributed by atoms with Gasteiger partial charge >= 0.3 is 0 Å². The summed E-state index contributed by atoms with van der Waals surface area (Å²) in [5, 5.41) is 2.79. The predicted octanol–water partition coefficient (Wildman–Crippen LogP) is 0.657. The molecule has 1 atom stereocenters. The van der Waals surface area contributed by atoms with Gasteiger partial charge in [-0.05, 0) is 20.3 Å². The molecular formula is C10H22N2O2. The van der Waals surface area contributed by atoms with Crippen LogP contribution < -0.4 is 11.1 Å². The molecule has 0 aliphatic rings. The molecule has 0 aromatic rings. The van der Waals surface area contributed by atoms with Crippen LogP contribution in [0, 0.1) is 0 Å². The highest BCUT2D eigenvalue weighted by atomic mass is 16.5. The van der Waals surface area contributed by atoms with E-state index in [1.165, 1.54) is 0 Å². The van der Waals surface area contributed by atoms with Crippen LogP contribution in [0.2, 0.25) is 0 Å². The number of nitrogens with one attached hydrogen (secondary N) is 1. The van der Waals surface area contributed by atoms with Crippen molar-refractivity contribution >= 4 is 5.91 Å². The molecule has 0 aliphatic carbocycles. The van der Waals surface area contributed by atoms with Crippen molar-refractivity contribution in [3.8, 4) is 0 Å². The zero-order valence-electron chi connectivity index (χ0n) is 9.43. The Kier molecular flexibility index (Phi) is 6.49. The van der Waals surface area contributed by atoms with Gasteiger partial charge in [0.05, 0.1) is 6.61 Å². The smallest absolute Gasteiger partial charge is 0.222 e. The average molecular weight is 202 g/mol. The zero-order chi connectivity index (χ0) is 11.0. The van der Waals surface area contributed by atoms with Gasteiger partial charge in [-0.25, -0.2) is 0 Å². The topological polar surface area (TPSA) is 64.3 Å². The SMILES string of the molecule is CCOCCC(=O)NCC(C)(N)CC. The van der Waals surface area contributed by atoms with Crippen LogP contribution in [0.25, 0.3) is 0 Å². The molecule has 0 radical (unpaired) electrons. The molecule has 14 heavy (non-hydrogen) atoms. The lowest BCUT2D eigenvalue weighted by Gasteiger charge is -2.22. The summed E-state index contributed by atoms with van der Waals surface area (Å²) in [4.78, 5) is 11.2. The van der Waals surface area contributed by atoms with Crippen molar-refractivity contribution in [1.82, 2.24) is 5.32 Å². The van der Waals surface area contributed by atoms with Crippen molar-refractivity contribution in [3.05, 3.63) is 0 Å². The number of amides is 1. The van der Waals surface area contributed by atoms with Gasteiger partial charge in [-0.3, -0.25) is 4.79 Å². The minimum absolute atomic E-state index is 0.00331. The van der Waals surface area contributed by atoms with Crippen LogP contribution in [0.15, 0.2) is 0 Å². The minimum atomic E-state index is -0.304. The second-order valence-corrected chi connectivity index (χ2v) is 3.73. The van der Waals surface area contributed by atoms with E-state index in [1.54, 1.807) is 0 Å². The Balaban J connectivity index is 3.53. The standard InChI is InChI=1S/C10H22N2O2/c1-4-10(3,11)8-12-9(13)6-7-14-5-2/h4-8,11H2,1-3H3,(H,12,13). The first kappa shape index (κ1) is 13.4. The number of ether oxygens (including phenoxy) is 1. The van der Waals surface area contributed by atoms with Crippen molar-refractivity contribution in [3.63, 3.8) is 0 Å². The maximum absolute atomic E-state index is 11.2. The fraction of sp³-hybridized carbons (Fsp3) is 0.900. The summed E-state index contributed by atoms with van der Waals surface area (Å²) in [6, 6.07) is 0. The van der Waals surface area contributed by atoms with Crippen LogP contribution in [0.4, 0.5) is 0 Å². The minimum Gasteiger partial charge on any atom is -0.381 e. The maximum Gasteiger partial charge on any atom is 0.222 e. The Labute approximate surface area is 86.2 Å². The molecule has 3 N–H and O–H groups in total. The van der Waals surface area contributed by atoms with E-state index in [2.05, 4.69) is 5.32 Å². The highest BCUT2D eigenvalue weighted by Gasteiger charge is 2.16. The third-order valence-electron chi connectivity index (χ3n) is 2.17. The molecule has 0 spiro atoms. The normalized spacial score (nSPS) is 14.9. The van der Waals surface area contributed by atoms with E-state index >= 15 is 0 Å². The highest BCUT2D eigenvalue weighted by molar-refractivity contribution is 5.76. The fourth-order valence-corrected chi connectivity index (χ4v) is 0.823. The molecule has 0 fully saturated rings. The second-order valence-electron chi connectivity index (χ2n) is 3.73. The summed E-state index contributed by atoms with van der Waals surface area (Å²) in [7, 11) is 0. The molecule has 84 valence electrons. The molecule has 4 nitrogen and oxygen atoms in total. The van der Waals surface area contributed by atoms with Crippen LogP contribution in [-0.4, -0.2) is 31.2 Å². The zero-order valence-corrected chi connectivity index (χ0v) is 9.43. The van der Waals surface area contributed by atoms with E-state index in [4.69, 9.17) is 10.5 Å². The van der Waals surface area contributed by atoms with Crippen LogP contribution in [0.3, 0.4) is 0 Å². The number of carbonyl (C=O) groups is 1. The van der Waals surface area contributed by atoms with Crippen molar-refractivity contribution < 1.29 is 9.53 Å². The van der Waals surface area contributed by atoms with Crippen molar-refractivity contribution in [2.75, 3.05) is 19.8 Å². The summed E-state index contributed by atoms with van der Waals surface area (Å²) in [6.45, 7) is 7.50. The van der Waals surface area contributed by atoms with E-state index in [1.807, 2.05) is 20.8 Å². The van der Waals surface area contributed by atoms with Gasteiger partial charge in [0.2, 0.25) is 5.91 Å². The van der Waals surface area contributed by atoms with Gasteiger partial charge in [0.15, 0.2) is 0 Å². The number of rotatable bonds is 7. The number of carbonyl (C=O) groups excluding carboxylic acids is 1. The Hall–Kier alpha value is -0.610. The number of nitrogens with two attached hydrogens (primary N) is 1. The van der Waals surface area contributed by atoms with Gasteiger partial charge in [0, 0.05) is 25.1 Å². The Morgan fingerprint density at radius 2 is 2.14 bits per heavy atom. The molecule has 0 aromatic carbocycles. The molecule has 0 heterocycles. The van der Waals surface area contributed by atoms with E-state index < -0.39 is 0 Å². The average Bonchev–Trinajstić information content (AvgIpc) is 2.16. The summed E-state index contributed by atoms with van der Waals surface area (Å²) in [5.41, 5.74) is 5.57. The molecule has 0 saturated heterocycles. The molecule has 1 unspecified atom stereocenters. The monoisotopic (exact) mass is 202 g/mol. The third kappa shape index (κ3) is 6.86. The van der Waals surface area contributed by atoms with Gasteiger partial charge in [0.1, 0.15) is 0 Å². The van der Waals surface area contributed by atoms with Gasteiger partial charge in [-0.2, -0.15) is 0 Å². The molecule has 0 aromatic heterocycles. The van der Waals surface area contributed by atoms with E-state index in [-0.39, 0.29) is 11.4 Å². The molecule has 4 heteroatoms. The van der Waals surface area contributed by atoms with Crippen LogP contribution in [-0.2, 0) is 9.53 Å². The lowest BCUT2D eigenvalue weighted by atomic mass is 10.0. The first-order valence-electron chi connectivity index (χ1n) is 5.15. The quantitative estimate of drug-likeness (QED) is 0.596. The Bertz CT molecular complexity index is 170. The largest absolute Gasteiger partial charge is 0.381 e. The van der Waals surface area contributed by atoms with Crippen molar-refractivity contribution in [1.29, 1.82) is 0 Å². The van der Waals surface area contributed by atoms with Crippen LogP contribution >= 0.6 is 0 Å². The highest BCUT2D eigenvalue weighted by Crippen LogP contribution is 2.01. The van der Waals surface area contributed by atoms with E-state index in [0.717, 1.165) is 6.42 Å². The second kappa shape index (κ2) is 6.79. The number of hydrogen-bond donors (Lipinski definition) is 2. The van der Waals surface area contributed by atoms with Crippen LogP contribution in [0.5, 0.6) is 0 Å². The van der Waals surface area contributed by atoms with Gasteiger partial charge in [-0.1, -0.05) is 6.92 Å². The first-order chi connectivity index (χ1) is 6.52. The first-order valence-corrected chi connectivity index (χ1v) is 5.15. The summed E-state index contributed by atoms with van der Waals surface area (Å²) in [5.74, 6) is 0.00331. The van der Waals surface area contributed by atoms with E-state index in [0.29, 0.717) is 26.2 Å². The van der Waals surface area contributed by atoms with Gasteiger partial charge in [0.25, 0.3) is 0 Å². The lowest BCUT2D eigenvalue weighted by Crippen LogP contribution is -2.47. The number of hydrogen-bond acceptors (Lipinski definition) is 3. The fourth-order valence-electron chi connectivity index (χ4n) is 0.823. The molecule has 0 saturated carbocycles. The summed E-state index contributed by atoms with van der Waals surface area (Å²) >= 11 is 0. The van der Waals surface area contributed by atoms with Crippen LogP contribution in [0.1, 0.15) is 33.6 Å². The summed E-state index contributed by atoms with van der Waals surface area (Å²) in [6.07, 6.45) is 1.26. The van der Waals surface area contributed by atoms with Crippen molar-refractivity contribution in [2.45, 2.75) is 39.2 Å². The van der Waals surface area contributed by atoms with E-state index in [9.17, 15) is 4.79 Å². The molecule has 1 amide bonds. The molecule has 0 aliphatic heterocycles.